The van der Waals surface area contributed by atoms with Crippen LogP contribution in [0.5, 0.6) is 0 Å². The van der Waals surface area contributed by atoms with Gasteiger partial charge in [-0.2, -0.15) is 0 Å². The molecule has 0 bridgehead atoms. The van der Waals surface area contributed by atoms with Gasteiger partial charge in [0.15, 0.2) is 5.69 Å². The van der Waals surface area contributed by atoms with E-state index >= 15 is 0 Å². The van der Waals surface area contributed by atoms with E-state index in [0.717, 1.165) is 19.4 Å². The van der Waals surface area contributed by atoms with Crippen LogP contribution >= 0.6 is 0 Å². The zero-order valence-corrected chi connectivity index (χ0v) is 13.0. The molecule has 0 spiro atoms. The molecule has 2 aliphatic rings. The van der Waals surface area contributed by atoms with Crippen molar-refractivity contribution in [3.8, 4) is 0 Å². The van der Waals surface area contributed by atoms with E-state index < -0.39 is 0 Å². The fraction of sp³-hybridized carbons (Fsp3) is 0.667. The zero-order valence-electron chi connectivity index (χ0n) is 13.0. The van der Waals surface area contributed by atoms with Gasteiger partial charge in [-0.1, -0.05) is 0 Å². The summed E-state index contributed by atoms with van der Waals surface area (Å²) in [6.45, 7) is 0.975. The van der Waals surface area contributed by atoms with Crippen LogP contribution in [0.25, 0.3) is 0 Å². The average Bonchev–Trinajstić information content (AvgIpc) is 3.12. The van der Waals surface area contributed by atoms with Crippen LogP contribution in [0.3, 0.4) is 0 Å². The van der Waals surface area contributed by atoms with Crippen molar-refractivity contribution >= 4 is 11.8 Å². The van der Waals surface area contributed by atoms with Gasteiger partial charge in [-0.25, -0.2) is 4.98 Å². The minimum Gasteiger partial charge on any atom is -0.447 e. The third kappa shape index (κ3) is 2.61. The number of hydrogen-bond donors (Lipinski definition) is 1. The van der Waals surface area contributed by atoms with Crippen molar-refractivity contribution in [2.24, 2.45) is 17.6 Å². The van der Waals surface area contributed by atoms with Crippen LogP contribution in [-0.4, -0.2) is 53.3 Å². The molecule has 2 fully saturated rings. The van der Waals surface area contributed by atoms with Gasteiger partial charge in [0, 0.05) is 33.1 Å². The van der Waals surface area contributed by atoms with E-state index in [0.29, 0.717) is 29.8 Å². The smallest absolute Gasteiger partial charge is 0.275 e. The number of carbonyl (C=O) groups is 2. The first-order valence-electron chi connectivity index (χ1n) is 7.65. The molecule has 2 amide bonds. The molecule has 0 radical (unpaired) electrons. The number of nitrogens with two attached hydrogens (primary N) is 1. The zero-order chi connectivity index (χ0) is 15.9. The van der Waals surface area contributed by atoms with Gasteiger partial charge in [-0.15, -0.1) is 0 Å². The van der Waals surface area contributed by atoms with E-state index in [1.165, 1.54) is 6.26 Å². The maximum Gasteiger partial charge on any atom is 0.275 e. The van der Waals surface area contributed by atoms with Crippen LogP contribution in [0, 0.1) is 11.8 Å². The van der Waals surface area contributed by atoms with Crippen molar-refractivity contribution in [2.45, 2.75) is 31.8 Å². The van der Waals surface area contributed by atoms with Gasteiger partial charge in [0.25, 0.3) is 5.91 Å². The summed E-state index contributed by atoms with van der Waals surface area (Å²) in [5.41, 5.74) is 5.75. The van der Waals surface area contributed by atoms with Crippen LogP contribution in [0.2, 0.25) is 0 Å². The summed E-state index contributed by atoms with van der Waals surface area (Å²) < 4.78 is 5.14. The molecule has 7 heteroatoms. The SMILES string of the molecule is CN1C[C@@H]2C[C@H](N(C)C(=O)c3coc(CN)n3)C[C@@H]2CC1=O. The Morgan fingerprint density at radius 1 is 1.50 bits per heavy atom. The van der Waals surface area contributed by atoms with Gasteiger partial charge < -0.3 is 20.0 Å². The largest absolute Gasteiger partial charge is 0.447 e. The number of amides is 2. The Kier molecular flexibility index (Phi) is 3.90. The van der Waals surface area contributed by atoms with Crippen molar-refractivity contribution in [3.63, 3.8) is 0 Å². The third-order valence-corrected chi connectivity index (χ3v) is 5.00. The molecular formula is C15H22N4O3. The van der Waals surface area contributed by atoms with Gasteiger partial charge in [0.05, 0.1) is 6.54 Å². The maximum atomic E-state index is 12.5. The number of hydrogen-bond acceptors (Lipinski definition) is 5. The lowest BCUT2D eigenvalue weighted by molar-refractivity contribution is -0.134. The summed E-state index contributed by atoms with van der Waals surface area (Å²) in [5.74, 6) is 1.30. The first-order chi connectivity index (χ1) is 10.5. The summed E-state index contributed by atoms with van der Waals surface area (Å²) in [6, 6.07) is 0.153. The minimum absolute atomic E-state index is 0.147. The summed E-state index contributed by atoms with van der Waals surface area (Å²) >= 11 is 0. The first-order valence-corrected chi connectivity index (χ1v) is 7.65. The third-order valence-electron chi connectivity index (χ3n) is 5.00. The monoisotopic (exact) mass is 306 g/mol. The number of piperidine rings is 1. The number of rotatable bonds is 3. The van der Waals surface area contributed by atoms with E-state index in [2.05, 4.69) is 4.98 Å². The van der Waals surface area contributed by atoms with E-state index in [4.69, 9.17) is 10.2 Å². The molecule has 1 saturated carbocycles. The molecule has 1 aromatic heterocycles. The second kappa shape index (κ2) is 5.72. The van der Waals surface area contributed by atoms with Gasteiger partial charge in [-0.3, -0.25) is 9.59 Å². The fourth-order valence-corrected chi connectivity index (χ4v) is 3.65. The van der Waals surface area contributed by atoms with Crippen LogP contribution in [0.1, 0.15) is 35.6 Å². The molecule has 2 heterocycles. The maximum absolute atomic E-state index is 12.5. The molecule has 1 saturated heterocycles. The lowest BCUT2D eigenvalue weighted by Crippen LogP contribution is -2.40. The Morgan fingerprint density at radius 2 is 2.23 bits per heavy atom. The molecule has 0 aromatic carbocycles. The normalized spacial score (nSPS) is 27.9. The Labute approximate surface area is 129 Å². The highest BCUT2D eigenvalue weighted by Gasteiger charge is 2.42. The summed E-state index contributed by atoms with van der Waals surface area (Å²) in [5, 5.41) is 0. The molecule has 2 N–H and O–H groups in total. The predicted octanol–water partition coefficient (Wildman–Crippen LogP) is 0.462. The summed E-state index contributed by atoms with van der Waals surface area (Å²) in [6.07, 6.45) is 3.78. The molecule has 1 aromatic rings. The Morgan fingerprint density at radius 3 is 2.91 bits per heavy atom. The van der Waals surface area contributed by atoms with Gasteiger partial charge in [-0.05, 0) is 24.7 Å². The van der Waals surface area contributed by atoms with Crippen molar-refractivity contribution in [2.75, 3.05) is 20.6 Å². The van der Waals surface area contributed by atoms with E-state index in [1.54, 1.807) is 16.8 Å². The Bertz CT molecular complexity index is 585. The van der Waals surface area contributed by atoms with Crippen LogP contribution < -0.4 is 5.73 Å². The average molecular weight is 306 g/mol. The van der Waals surface area contributed by atoms with Crippen LogP contribution in [0.15, 0.2) is 10.7 Å². The van der Waals surface area contributed by atoms with Crippen molar-refractivity contribution in [3.05, 3.63) is 17.8 Å². The number of aromatic nitrogens is 1. The second-order valence-electron chi connectivity index (χ2n) is 6.37. The molecule has 1 aliphatic heterocycles. The van der Waals surface area contributed by atoms with Crippen LogP contribution in [-0.2, 0) is 11.3 Å². The lowest BCUT2D eigenvalue weighted by atomic mass is 9.88. The molecule has 7 nitrogen and oxygen atoms in total. The minimum atomic E-state index is -0.147. The van der Waals surface area contributed by atoms with E-state index in [9.17, 15) is 9.59 Å². The standard InChI is InChI=1S/C15H22N4O3/c1-18-7-10-4-11(3-9(10)5-14(18)20)19(2)15(21)12-8-22-13(6-16)17-12/h8-11H,3-7,16H2,1-2H3/t9-,10+,11-/m1/s1. The molecule has 120 valence electrons. The van der Waals surface area contributed by atoms with Crippen molar-refractivity contribution in [1.82, 2.24) is 14.8 Å². The summed E-state index contributed by atoms with van der Waals surface area (Å²) in [4.78, 5) is 31.9. The van der Waals surface area contributed by atoms with Crippen LogP contribution in [0.4, 0.5) is 0 Å². The Balaban J connectivity index is 1.67. The number of oxazole rings is 1. The number of likely N-dealkylation sites (tertiary alicyclic amines) is 1. The van der Waals surface area contributed by atoms with E-state index in [-0.39, 0.29) is 24.4 Å². The van der Waals surface area contributed by atoms with Crippen molar-refractivity contribution in [1.29, 1.82) is 0 Å². The Hall–Kier alpha value is -1.89. The highest BCUT2D eigenvalue weighted by atomic mass is 16.3. The molecular weight excluding hydrogens is 284 g/mol. The second-order valence-corrected chi connectivity index (χ2v) is 6.37. The molecule has 3 atom stereocenters. The number of nitrogens with zero attached hydrogens (tertiary/aromatic N) is 3. The molecule has 1 aliphatic carbocycles. The molecule has 3 rings (SSSR count). The first kappa shape index (κ1) is 15.0. The fourth-order valence-electron chi connectivity index (χ4n) is 3.65. The van der Waals surface area contributed by atoms with Gasteiger partial charge in [0.2, 0.25) is 11.8 Å². The summed E-state index contributed by atoms with van der Waals surface area (Å²) in [7, 11) is 3.65. The van der Waals surface area contributed by atoms with E-state index in [1.807, 2.05) is 7.05 Å². The number of carbonyl (C=O) groups excluding carboxylic acids is 2. The topological polar surface area (TPSA) is 92.7 Å². The van der Waals surface area contributed by atoms with Crippen molar-refractivity contribution < 1.29 is 14.0 Å². The highest BCUT2D eigenvalue weighted by Crippen LogP contribution is 2.40. The number of fused-ring (bicyclic) bond motifs is 1. The lowest BCUT2D eigenvalue weighted by Gasteiger charge is -2.31. The molecule has 0 unspecified atom stereocenters. The quantitative estimate of drug-likeness (QED) is 0.876. The molecule has 22 heavy (non-hydrogen) atoms. The van der Waals surface area contributed by atoms with Gasteiger partial charge >= 0.3 is 0 Å². The predicted molar refractivity (Wildman–Crippen MR) is 78.7 cm³/mol. The highest BCUT2D eigenvalue weighted by molar-refractivity contribution is 5.92. The van der Waals surface area contributed by atoms with Gasteiger partial charge in [0.1, 0.15) is 6.26 Å².